The van der Waals surface area contributed by atoms with Gasteiger partial charge in [0, 0.05) is 0 Å². The summed E-state index contributed by atoms with van der Waals surface area (Å²) in [5.74, 6) is -2.97. The number of ether oxygens (including phenoxy) is 1. The number of halogens is 1. The van der Waals surface area contributed by atoms with Crippen LogP contribution in [-0.2, 0) is 19.2 Å². The number of aliphatic hydroxyl groups is 2. The number of alkyl halides is 1. The summed E-state index contributed by atoms with van der Waals surface area (Å²) >= 11 is 0. The van der Waals surface area contributed by atoms with Crippen molar-refractivity contribution in [2.45, 2.75) is 24.3 Å². The second-order valence-electron chi connectivity index (χ2n) is 5.07. The van der Waals surface area contributed by atoms with Gasteiger partial charge >= 0.3 is 10.3 Å². The normalized spacial score (nSPS) is 30.9. The van der Waals surface area contributed by atoms with Crippen molar-refractivity contribution in [3.8, 4) is 0 Å². The molecule has 1 saturated heterocycles. The number of aromatic nitrogens is 4. The molecule has 0 amide bonds. The average molecular weight is 364 g/mol. The molecule has 3 rings (SSSR count). The van der Waals surface area contributed by atoms with Crippen molar-refractivity contribution in [3.05, 3.63) is 12.7 Å². The molecule has 0 radical (unpaired) electrons. The maximum absolute atomic E-state index is 14.6. The number of aliphatic hydroxyl groups excluding tert-OH is 2. The van der Waals surface area contributed by atoms with Crippen molar-refractivity contribution in [2.24, 2.45) is 5.14 Å². The topological polar surface area (TPSA) is 189 Å². The summed E-state index contributed by atoms with van der Waals surface area (Å²) in [7, 11) is -4.47. The zero-order valence-electron chi connectivity index (χ0n) is 11.9. The third-order valence-electron chi connectivity index (χ3n) is 3.46. The third kappa shape index (κ3) is 2.79. The smallest absolute Gasteiger partial charge is 0.333 e. The predicted molar refractivity (Wildman–Crippen MR) is 74.8 cm³/mol. The van der Waals surface area contributed by atoms with E-state index in [9.17, 15) is 23.0 Å². The summed E-state index contributed by atoms with van der Waals surface area (Å²) in [6.45, 7) is -1.25. The van der Waals surface area contributed by atoms with Crippen LogP contribution < -0.4 is 10.9 Å². The van der Waals surface area contributed by atoms with E-state index in [1.165, 1.54) is 0 Å². The fourth-order valence-corrected chi connectivity index (χ4v) is 2.64. The first-order chi connectivity index (χ1) is 11.1. The molecule has 0 saturated carbocycles. The molecule has 0 spiro atoms. The Kier molecular flexibility index (Phi) is 3.89. The quantitative estimate of drug-likeness (QED) is 0.453. The SMILES string of the molecule is Nc1ncnc2c1ncn2C1OC(F)(COS(N)(=O)=O)C(O)C1O. The molecule has 1 aliphatic heterocycles. The lowest BCUT2D eigenvalue weighted by Gasteiger charge is -2.21. The standard InChI is InChI=1S/C10H13FN6O6S/c11-10(1-22-24(13,20)21)6(19)5(18)9(23-10)17-3-16-4-7(12)14-2-15-8(4)17/h2-3,5-6,9,18-19H,1H2,(H2,12,14,15)(H2,13,20,21). The van der Waals surface area contributed by atoms with Gasteiger partial charge in [-0.25, -0.2) is 24.5 Å². The second-order valence-corrected chi connectivity index (χ2v) is 6.29. The Hall–Kier alpha value is -1.97. The van der Waals surface area contributed by atoms with Crippen LogP contribution in [0.1, 0.15) is 6.23 Å². The number of nitrogens with two attached hydrogens (primary N) is 2. The van der Waals surface area contributed by atoms with Crippen LogP contribution in [0.4, 0.5) is 10.2 Å². The van der Waals surface area contributed by atoms with Gasteiger partial charge in [-0.05, 0) is 0 Å². The Morgan fingerprint density at radius 1 is 1.42 bits per heavy atom. The van der Waals surface area contributed by atoms with Gasteiger partial charge in [0.25, 0.3) is 5.85 Å². The van der Waals surface area contributed by atoms with Crippen LogP contribution in [0.3, 0.4) is 0 Å². The highest BCUT2D eigenvalue weighted by Gasteiger charge is 2.57. The van der Waals surface area contributed by atoms with Crippen LogP contribution in [0, 0.1) is 0 Å². The molecule has 0 aliphatic carbocycles. The average Bonchev–Trinajstić information content (AvgIpc) is 3.02. The number of nitrogen functional groups attached to an aromatic ring is 1. The lowest BCUT2D eigenvalue weighted by atomic mass is 10.1. The molecule has 3 heterocycles. The minimum atomic E-state index is -4.47. The van der Waals surface area contributed by atoms with Gasteiger partial charge < -0.3 is 20.7 Å². The number of anilines is 1. The minimum absolute atomic E-state index is 0.0517. The number of rotatable bonds is 4. The maximum atomic E-state index is 14.6. The van der Waals surface area contributed by atoms with Crippen molar-refractivity contribution in [2.75, 3.05) is 12.3 Å². The molecule has 4 atom stereocenters. The zero-order valence-corrected chi connectivity index (χ0v) is 12.7. The predicted octanol–water partition coefficient (Wildman–Crippen LogP) is -2.45. The number of imidazole rings is 1. The Bertz CT molecular complexity index is 876. The number of hydrogen-bond acceptors (Lipinski definition) is 10. The molecule has 2 aromatic rings. The van der Waals surface area contributed by atoms with Gasteiger partial charge in [0.2, 0.25) is 0 Å². The molecular formula is C10H13FN6O6S. The lowest BCUT2D eigenvalue weighted by molar-refractivity contribution is -0.201. The van der Waals surface area contributed by atoms with Gasteiger partial charge in [0.15, 0.2) is 17.7 Å². The molecular weight excluding hydrogens is 351 g/mol. The molecule has 0 aromatic carbocycles. The second kappa shape index (κ2) is 5.54. The van der Waals surface area contributed by atoms with Crippen molar-refractivity contribution in [1.82, 2.24) is 19.5 Å². The molecule has 132 valence electrons. The molecule has 14 heteroatoms. The van der Waals surface area contributed by atoms with Crippen molar-refractivity contribution < 1.29 is 31.9 Å². The van der Waals surface area contributed by atoms with Crippen LogP contribution in [0.2, 0.25) is 0 Å². The van der Waals surface area contributed by atoms with E-state index in [1.54, 1.807) is 0 Å². The summed E-state index contributed by atoms with van der Waals surface area (Å²) in [5, 5.41) is 24.5. The Labute approximate surface area is 134 Å². The fraction of sp³-hybridized carbons (Fsp3) is 0.500. The number of fused-ring (bicyclic) bond motifs is 1. The molecule has 1 fully saturated rings. The molecule has 6 N–H and O–H groups in total. The van der Waals surface area contributed by atoms with Crippen LogP contribution in [0.15, 0.2) is 12.7 Å². The van der Waals surface area contributed by atoms with Crippen molar-refractivity contribution in [3.63, 3.8) is 0 Å². The van der Waals surface area contributed by atoms with Gasteiger partial charge in [0.1, 0.15) is 30.7 Å². The van der Waals surface area contributed by atoms with Crippen LogP contribution in [-0.4, -0.2) is 62.8 Å². The molecule has 0 bridgehead atoms. The molecule has 2 aromatic heterocycles. The number of hydrogen-bond donors (Lipinski definition) is 4. The van der Waals surface area contributed by atoms with Gasteiger partial charge in [-0.15, -0.1) is 0 Å². The summed E-state index contributed by atoms with van der Waals surface area (Å²) in [6.07, 6.45) is -3.06. The summed E-state index contributed by atoms with van der Waals surface area (Å²) in [6, 6.07) is 0. The third-order valence-corrected chi connectivity index (χ3v) is 3.90. The van der Waals surface area contributed by atoms with E-state index in [0.29, 0.717) is 0 Å². The molecule has 1 aliphatic rings. The molecule has 12 nitrogen and oxygen atoms in total. The Morgan fingerprint density at radius 2 is 2.12 bits per heavy atom. The van der Waals surface area contributed by atoms with E-state index in [0.717, 1.165) is 17.2 Å². The van der Waals surface area contributed by atoms with E-state index in [-0.39, 0.29) is 17.0 Å². The largest absolute Gasteiger partial charge is 0.385 e. The highest BCUT2D eigenvalue weighted by molar-refractivity contribution is 7.84. The van der Waals surface area contributed by atoms with E-state index in [4.69, 9.17) is 10.5 Å². The summed E-state index contributed by atoms with van der Waals surface area (Å²) in [5.41, 5.74) is 5.93. The van der Waals surface area contributed by atoms with Crippen LogP contribution in [0.5, 0.6) is 0 Å². The summed E-state index contributed by atoms with van der Waals surface area (Å²) < 4.78 is 46.4. The molecule has 24 heavy (non-hydrogen) atoms. The van der Waals surface area contributed by atoms with Crippen molar-refractivity contribution >= 4 is 27.3 Å². The Morgan fingerprint density at radius 3 is 2.79 bits per heavy atom. The maximum Gasteiger partial charge on any atom is 0.333 e. The first-order valence-corrected chi connectivity index (χ1v) is 7.92. The Balaban J connectivity index is 1.93. The fourth-order valence-electron chi connectivity index (χ4n) is 2.31. The van der Waals surface area contributed by atoms with E-state index in [1.807, 2.05) is 0 Å². The van der Waals surface area contributed by atoms with E-state index >= 15 is 0 Å². The summed E-state index contributed by atoms with van der Waals surface area (Å²) in [4.78, 5) is 11.6. The van der Waals surface area contributed by atoms with Crippen molar-refractivity contribution in [1.29, 1.82) is 0 Å². The van der Waals surface area contributed by atoms with Gasteiger partial charge in [-0.3, -0.25) is 8.75 Å². The first kappa shape index (κ1) is 16.9. The van der Waals surface area contributed by atoms with Gasteiger partial charge in [-0.1, -0.05) is 0 Å². The van der Waals surface area contributed by atoms with E-state index in [2.05, 4.69) is 24.3 Å². The number of nitrogens with zero attached hydrogens (tertiary/aromatic N) is 4. The van der Waals surface area contributed by atoms with Gasteiger partial charge in [-0.2, -0.15) is 8.42 Å². The van der Waals surface area contributed by atoms with Crippen LogP contribution in [0.25, 0.3) is 11.2 Å². The van der Waals surface area contributed by atoms with Gasteiger partial charge in [0.05, 0.1) is 6.33 Å². The molecule has 4 unspecified atom stereocenters. The monoisotopic (exact) mass is 364 g/mol. The zero-order chi connectivity index (χ0) is 17.7. The van der Waals surface area contributed by atoms with E-state index < -0.39 is 41.2 Å². The minimum Gasteiger partial charge on any atom is -0.385 e. The highest BCUT2D eigenvalue weighted by Crippen LogP contribution is 2.39. The van der Waals surface area contributed by atoms with Crippen LogP contribution >= 0.6 is 0 Å². The first-order valence-electron chi connectivity index (χ1n) is 6.45. The lowest BCUT2D eigenvalue weighted by Crippen LogP contribution is -2.44. The highest BCUT2D eigenvalue weighted by atomic mass is 32.2.